The highest BCUT2D eigenvalue weighted by molar-refractivity contribution is 5.89. The van der Waals surface area contributed by atoms with Crippen LogP contribution in [0.25, 0.3) is 0 Å². The lowest BCUT2D eigenvalue weighted by atomic mass is 9.87. The van der Waals surface area contributed by atoms with E-state index in [0.29, 0.717) is 24.8 Å². The van der Waals surface area contributed by atoms with E-state index in [1.807, 2.05) is 0 Å². The molecule has 0 amide bonds. The average molecular weight is 296 g/mol. The van der Waals surface area contributed by atoms with Gasteiger partial charge in [-0.2, -0.15) is 0 Å². The molecule has 1 rings (SSSR count). The van der Waals surface area contributed by atoms with Crippen LogP contribution >= 0.6 is 0 Å². The first-order valence-electron chi connectivity index (χ1n) is 6.93. The SMILES string of the molecule is COC(=O)c1ccc([C@](C)(O)CCCC(C)(C)O)c(O)c1. The highest BCUT2D eigenvalue weighted by Crippen LogP contribution is 2.34. The molecule has 0 saturated carbocycles. The molecular formula is C16H24O5. The number of hydrogen-bond acceptors (Lipinski definition) is 5. The maximum atomic E-state index is 11.4. The summed E-state index contributed by atoms with van der Waals surface area (Å²) in [5.74, 6) is -0.690. The molecular weight excluding hydrogens is 272 g/mol. The van der Waals surface area contributed by atoms with Crippen LogP contribution in [0.3, 0.4) is 0 Å². The molecule has 0 aliphatic rings. The number of phenols is 1. The molecule has 0 aromatic heterocycles. The predicted molar refractivity (Wildman–Crippen MR) is 79.2 cm³/mol. The molecule has 5 nitrogen and oxygen atoms in total. The third-order valence-corrected chi connectivity index (χ3v) is 3.45. The van der Waals surface area contributed by atoms with Crippen molar-refractivity contribution in [2.75, 3.05) is 7.11 Å². The van der Waals surface area contributed by atoms with Crippen LogP contribution in [0.1, 0.15) is 56.0 Å². The summed E-state index contributed by atoms with van der Waals surface area (Å²) < 4.78 is 4.58. The first-order chi connectivity index (χ1) is 9.57. The van der Waals surface area contributed by atoms with E-state index < -0.39 is 17.2 Å². The number of hydrogen-bond donors (Lipinski definition) is 3. The number of carbonyl (C=O) groups is 1. The summed E-state index contributed by atoms with van der Waals surface area (Å²) in [6, 6.07) is 4.31. The summed E-state index contributed by atoms with van der Waals surface area (Å²) in [5.41, 5.74) is -1.44. The van der Waals surface area contributed by atoms with Crippen LogP contribution < -0.4 is 0 Å². The molecule has 1 aromatic carbocycles. The lowest BCUT2D eigenvalue weighted by Gasteiger charge is -2.26. The third kappa shape index (κ3) is 5.02. The third-order valence-electron chi connectivity index (χ3n) is 3.45. The minimum absolute atomic E-state index is 0.147. The van der Waals surface area contributed by atoms with Gasteiger partial charge in [0.15, 0.2) is 0 Å². The van der Waals surface area contributed by atoms with Gasteiger partial charge in [0.1, 0.15) is 5.75 Å². The second-order valence-corrected chi connectivity index (χ2v) is 6.16. The van der Waals surface area contributed by atoms with Gasteiger partial charge in [0, 0.05) is 5.56 Å². The van der Waals surface area contributed by atoms with Crippen molar-refractivity contribution >= 4 is 5.97 Å². The lowest BCUT2D eigenvalue weighted by Crippen LogP contribution is -2.24. The average Bonchev–Trinajstić information content (AvgIpc) is 2.35. The molecule has 0 bridgehead atoms. The van der Waals surface area contributed by atoms with Crippen molar-refractivity contribution in [1.82, 2.24) is 0 Å². The number of aromatic hydroxyl groups is 1. The fraction of sp³-hybridized carbons (Fsp3) is 0.562. The normalized spacial score (nSPS) is 14.6. The maximum absolute atomic E-state index is 11.4. The molecule has 0 radical (unpaired) electrons. The van der Waals surface area contributed by atoms with Gasteiger partial charge in [-0.25, -0.2) is 4.79 Å². The second kappa shape index (κ2) is 6.45. The number of methoxy groups -OCH3 is 1. The Morgan fingerprint density at radius 2 is 1.81 bits per heavy atom. The van der Waals surface area contributed by atoms with Gasteiger partial charge in [-0.1, -0.05) is 6.07 Å². The van der Waals surface area contributed by atoms with Crippen molar-refractivity contribution in [3.63, 3.8) is 0 Å². The molecule has 0 spiro atoms. The molecule has 0 aliphatic carbocycles. The van der Waals surface area contributed by atoms with Gasteiger partial charge in [-0.3, -0.25) is 0 Å². The van der Waals surface area contributed by atoms with Crippen LogP contribution in [0.2, 0.25) is 0 Å². The van der Waals surface area contributed by atoms with E-state index in [0.717, 1.165) is 0 Å². The summed E-state index contributed by atoms with van der Waals surface area (Å²) in [4.78, 5) is 11.4. The van der Waals surface area contributed by atoms with E-state index in [9.17, 15) is 20.1 Å². The Balaban J connectivity index is 2.85. The highest BCUT2D eigenvalue weighted by atomic mass is 16.5. The van der Waals surface area contributed by atoms with E-state index in [1.165, 1.54) is 25.3 Å². The Hall–Kier alpha value is -1.59. The zero-order valence-corrected chi connectivity index (χ0v) is 13.0. The van der Waals surface area contributed by atoms with Crippen molar-refractivity contribution in [2.24, 2.45) is 0 Å². The summed E-state index contributed by atoms with van der Waals surface area (Å²) in [5, 5.41) is 30.2. The molecule has 1 aromatic rings. The fourth-order valence-corrected chi connectivity index (χ4v) is 2.23. The van der Waals surface area contributed by atoms with Gasteiger partial charge in [-0.05, 0) is 52.2 Å². The molecule has 1 atom stereocenters. The van der Waals surface area contributed by atoms with Crippen LogP contribution in [0, 0.1) is 0 Å². The minimum Gasteiger partial charge on any atom is -0.508 e. The Labute approximate surface area is 125 Å². The number of benzene rings is 1. The fourth-order valence-electron chi connectivity index (χ4n) is 2.23. The zero-order valence-electron chi connectivity index (χ0n) is 13.0. The number of ether oxygens (including phenoxy) is 1. The molecule has 118 valence electrons. The van der Waals surface area contributed by atoms with Crippen molar-refractivity contribution in [2.45, 2.75) is 51.2 Å². The van der Waals surface area contributed by atoms with Crippen LogP contribution in [0.4, 0.5) is 0 Å². The van der Waals surface area contributed by atoms with Crippen molar-refractivity contribution in [1.29, 1.82) is 0 Å². The van der Waals surface area contributed by atoms with Gasteiger partial charge in [0.2, 0.25) is 0 Å². The smallest absolute Gasteiger partial charge is 0.337 e. The first-order valence-corrected chi connectivity index (χ1v) is 6.93. The first kappa shape index (κ1) is 17.5. The minimum atomic E-state index is -1.23. The van der Waals surface area contributed by atoms with E-state index in [4.69, 9.17) is 0 Å². The molecule has 5 heteroatoms. The van der Waals surface area contributed by atoms with Crippen molar-refractivity contribution in [3.8, 4) is 5.75 Å². The Morgan fingerprint density at radius 3 is 2.29 bits per heavy atom. The topological polar surface area (TPSA) is 87.0 Å². The van der Waals surface area contributed by atoms with E-state index in [1.54, 1.807) is 20.8 Å². The number of esters is 1. The van der Waals surface area contributed by atoms with Crippen molar-refractivity contribution < 1.29 is 24.9 Å². The highest BCUT2D eigenvalue weighted by Gasteiger charge is 2.27. The monoisotopic (exact) mass is 296 g/mol. The zero-order chi connectivity index (χ0) is 16.3. The molecule has 3 N–H and O–H groups in total. The van der Waals surface area contributed by atoms with Gasteiger partial charge < -0.3 is 20.1 Å². The van der Waals surface area contributed by atoms with E-state index in [-0.39, 0.29) is 11.3 Å². The second-order valence-electron chi connectivity index (χ2n) is 6.16. The number of rotatable bonds is 6. The Kier molecular flexibility index (Phi) is 5.36. The quantitative estimate of drug-likeness (QED) is 0.701. The summed E-state index contributed by atoms with van der Waals surface area (Å²) in [7, 11) is 1.26. The van der Waals surface area contributed by atoms with Crippen LogP contribution in [0.15, 0.2) is 18.2 Å². The molecule has 21 heavy (non-hydrogen) atoms. The lowest BCUT2D eigenvalue weighted by molar-refractivity contribution is 0.0255. The van der Waals surface area contributed by atoms with Crippen LogP contribution in [-0.4, -0.2) is 34.0 Å². The number of phenolic OH excluding ortho intramolecular Hbond substituents is 1. The van der Waals surface area contributed by atoms with Gasteiger partial charge in [0.05, 0.1) is 23.9 Å². The Morgan fingerprint density at radius 1 is 1.19 bits per heavy atom. The molecule has 0 unspecified atom stereocenters. The largest absolute Gasteiger partial charge is 0.508 e. The Bertz CT molecular complexity index is 500. The number of aliphatic hydroxyl groups is 2. The van der Waals surface area contributed by atoms with Gasteiger partial charge >= 0.3 is 5.97 Å². The van der Waals surface area contributed by atoms with Crippen molar-refractivity contribution in [3.05, 3.63) is 29.3 Å². The van der Waals surface area contributed by atoms with Crippen LogP contribution in [0.5, 0.6) is 5.75 Å². The molecule has 0 aliphatic heterocycles. The molecule has 0 fully saturated rings. The molecule has 0 saturated heterocycles. The summed E-state index contributed by atoms with van der Waals surface area (Å²) >= 11 is 0. The summed E-state index contributed by atoms with van der Waals surface area (Å²) in [6.45, 7) is 5.03. The van der Waals surface area contributed by atoms with Gasteiger partial charge in [0.25, 0.3) is 0 Å². The van der Waals surface area contributed by atoms with E-state index >= 15 is 0 Å². The van der Waals surface area contributed by atoms with Gasteiger partial charge in [-0.15, -0.1) is 0 Å². The van der Waals surface area contributed by atoms with E-state index in [2.05, 4.69) is 4.74 Å². The summed E-state index contributed by atoms with van der Waals surface area (Å²) in [6.07, 6.45) is 1.54. The predicted octanol–water partition coefficient (Wildman–Crippen LogP) is 2.33. The van der Waals surface area contributed by atoms with Crippen LogP contribution in [-0.2, 0) is 10.3 Å². The maximum Gasteiger partial charge on any atom is 0.337 e. The molecule has 0 heterocycles. The number of carbonyl (C=O) groups excluding carboxylic acids is 1. The standard InChI is InChI=1S/C16H24O5/c1-15(2,19)8-5-9-16(3,20)12-7-6-11(10-13(12)17)14(18)21-4/h6-7,10,17,19-20H,5,8-9H2,1-4H3/t16-/m1/s1.